The summed E-state index contributed by atoms with van der Waals surface area (Å²) in [6.07, 6.45) is 17.2. The Morgan fingerprint density at radius 1 is 1.00 bits per heavy atom. The number of carboxylic acid groups (broad SMARTS) is 1. The minimum absolute atomic E-state index is 0.319. The lowest BCUT2D eigenvalue weighted by Gasteiger charge is -2.58. The Labute approximate surface area is 220 Å². The minimum Gasteiger partial charge on any atom is -0.478 e. The maximum absolute atomic E-state index is 11.9. The first kappa shape index (κ1) is 26.1. The second kappa shape index (κ2) is 9.95. The smallest absolute Gasteiger partial charge is 0.335 e. The Kier molecular flexibility index (Phi) is 7.20. The lowest BCUT2D eigenvalue weighted by atomic mass is 9.46. The number of rotatable bonds is 7. The van der Waals surface area contributed by atoms with Crippen LogP contribution in [0.5, 0.6) is 0 Å². The largest absolute Gasteiger partial charge is 0.478 e. The zero-order chi connectivity index (χ0) is 25.7. The van der Waals surface area contributed by atoms with Crippen LogP contribution in [0, 0.1) is 46.3 Å². The Morgan fingerprint density at radius 2 is 1.78 bits per heavy atom. The number of aromatic carboxylic acids is 1. The van der Waals surface area contributed by atoms with Crippen LogP contribution in [0.4, 0.5) is 0 Å². The lowest BCUT2D eigenvalue weighted by Crippen LogP contribution is -2.50. The molecule has 2 heteroatoms. The van der Waals surface area contributed by atoms with E-state index in [1.54, 1.807) is 11.6 Å². The van der Waals surface area contributed by atoms with Crippen molar-refractivity contribution in [1.82, 2.24) is 0 Å². The number of benzene rings is 1. The molecule has 1 N–H and O–H groups in total. The highest BCUT2D eigenvalue weighted by molar-refractivity contribution is 5.89. The molecule has 5 rings (SSSR count). The van der Waals surface area contributed by atoms with Gasteiger partial charge in [-0.15, -0.1) is 0 Å². The highest BCUT2D eigenvalue weighted by Gasteiger charge is 2.59. The van der Waals surface area contributed by atoms with Crippen molar-refractivity contribution in [2.75, 3.05) is 0 Å². The fourth-order valence-electron chi connectivity index (χ4n) is 10.00. The third kappa shape index (κ3) is 4.39. The molecule has 0 heterocycles. The summed E-state index contributed by atoms with van der Waals surface area (Å²) in [6, 6.07) is 7.74. The van der Waals surface area contributed by atoms with Crippen molar-refractivity contribution < 1.29 is 9.90 Å². The van der Waals surface area contributed by atoms with E-state index in [4.69, 9.17) is 0 Å². The van der Waals surface area contributed by atoms with Gasteiger partial charge in [0.2, 0.25) is 0 Å². The van der Waals surface area contributed by atoms with Crippen LogP contribution < -0.4 is 0 Å². The summed E-state index contributed by atoms with van der Waals surface area (Å²) >= 11 is 0. The van der Waals surface area contributed by atoms with Gasteiger partial charge in [-0.25, -0.2) is 4.79 Å². The van der Waals surface area contributed by atoms with Gasteiger partial charge in [-0.3, -0.25) is 0 Å². The van der Waals surface area contributed by atoms with Crippen molar-refractivity contribution in [2.24, 2.45) is 46.3 Å². The Hall–Kier alpha value is -1.57. The van der Waals surface area contributed by atoms with Crippen LogP contribution in [0.25, 0.3) is 0 Å². The number of fused-ring (bicyclic) bond motifs is 5. The highest BCUT2D eigenvalue weighted by atomic mass is 16.4. The monoisotopic (exact) mass is 490 g/mol. The average Bonchev–Trinajstić information content (AvgIpc) is 3.20. The first-order valence-electron chi connectivity index (χ1n) is 15.2. The third-order valence-corrected chi connectivity index (χ3v) is 11.9. The first-order valence-corrected chi connectivity index (χ1v) is 15.2. The van der Waals surface area contributed by atoms with E-state index in [1.807, 2.05) is 12.1 Å². The summed E-state index contributed by atoms with van der Waals surface area (Å²) in [5, 5.41) is 9.76. The van der Waals surface area contributed by atoms with E-state index in [2.05, 4.69) is 46.8 Å². The number of carbonyl (C=O) groups is 1. The second-order valence-corrected chi connectivity index (χ2v) is 14.1. The molecule has 2 nitrogen and oxygen atoms in total. The van der Waals surface area contributed by atoms with Gasteiger partial charge >= 0.3 is 5.97 Å². The van der Waals surface area contributed by atoms with Crippen molar-refractivity contribution in [3.05, 3.63) is 47.0 Å². The van der Waals surface area contributed by atoms with Crippen LogP contribution >= 0.6 is 0 Å². The van der Waals surface area contributed by atoms with Gasteiger partial charge in [0.05, 0.1) is 5.56 Å². The molecule has 0 radical (unpaired) electrons. The van der Waals surface area contributed by atoms with Crippen molar-refractivity contribution in [1.29, 1.82) is 0 Å². The van der Waals surface area contributed by atoms with Gasteiger partial charge in [0.15, 0.2) is 0 Å². The van der Waals surface area contributed by atoms with Crippen LogP contribution in [0.15, 0.2) is 35.9 Å². The molecule has 198 valence electrons. The van der Waals surface area contributed by atoms with E-state index < -0.39 is 5.97 Å². The summed E-state index contributed by atoms with van der Waals surface area (Å²) in [7, 11) is 0. The molecule has 0 saturated heterocycles. The highest BCUT2D eigenvalue weighted by Crippen LogP contribution is 2.68. The van der Waals surface area contributed by atoms with Gasteiger partial charge in [0.1, 0.15) is 0 Å². The molecular weight excluding hydrogens is 440 g/mol. The summed E-state index contributed by atoms with van der Waals surface area (Å²) < 4.78 is 0. The van der Waals surface area contributed by atoms with Gasteiger partial charge in [0.25, 0.3) is 0 Å². The van der Waals surface area contributed by atoms with Crippen molar-refractivity contribution in [2.45, 2.75) is 111 Å². The SMILES string of the molecule is CC(C)CCC[C@@H](C)[C@H]1CCC2C3CC=C4CC(c5ccccc5C(=O)O)CC[C@]4(C)C3CC[C@@]21C. The number of hydrogen-bond acceptors (Lipinski definition) is 1. The summed E-state index contributed by atoms with van der Waals surface area (Å²) in [5.74, 6) is 4.75. The molecule has 8 atom stereocenters. The van der Waals surface area contributed by atoms with Crippen LogP contribution in [0.2, 0.25) is 0 Å². The van der Waals surface area contributed by atoms with E-state index in [-0.39, 0.29) is 0 Å². The van der Waals surface area contributed by atoms with Crippen LogP contribution in [0.1, 0.15) is 127 Å². The summed E-state index contributed by atoms with van der Waals surface area (Å²) in [4.78, 5) is 11.9. The molecule has 36 heavy (non-hydrogen) atoms. The summed E-state index contributed by atoms with van der Waals surface area (Å²) in [6.45, 7) is 12.6. The van der Waals surface area contributed by atoms with Crippen LogP contribution in [-0.4, -0.2) is 11.1 Å². The van der Waals surface area contributed by atoms with Crippen molar-refractivity contribution >= 4 is 5.97 Å². The predicted molar refractivity (Wildman–Crippen MR) is 149 cm³/mol. The molecular formula is C34H50O2. The molecule has 3 fully saturated rings. The maximum atomic E-state index is 11.9. The zero-order valence-corrected chi connectivity index (χ0v) is 23.6. The third-order valence-electron chi connectivity index (χ3n) is 11.9. The van der Waals surface area contributed by atoms with E-state index in [0.717, 1.165) is 53.9 Å². The molecule has 1 aromatic carbocycles. The molecule has 0 amide bonds. The molecule has 1 aromatic rings. The number of carboxylic acids is 1. The molecule has 0 aliphatic heterocycles. The molecule has 4 aliphatic carbocycles. The molecule has 0 aromatic heterocycles. The van der Waals surface area contributed by atoms with E-state index >= 15 is 0 Å². The molecule has 3 saturated carbocycles. The first-order chi connectivity index (χ1) is 17.1. The van der Waals surface area contributed by atoms with Crippen LogP contribution in [-0.2, 0) is 0 Å². The van der Waals surface area contributed by atoms with Gasteiger partial charge < -0.3 is 5.11 Å². The minimum atomic E-state index is -0.780. The molecule has 4 aliphatic rings. The van der Waals surface area contributed by atoms with Gasteiger partial charge in [-0.05, 0) is 115 Å². The van der Waals surface area contributed by atoms with Gasteiger partial charge in [-0.2, -0.15) is 0 Å². The fourth-order valence-corrected chi connectivity index (χ4v) is 10.00. The molecule has 4 unspecified atom stereocenters. The average molecular weight is 491 g/mol. The number of hydrogen-bond donors (Lipinski definition) is 1. The van der Waals surface area contributed by atoms with Crippen LogP contribution in [0.3, 0.4) is 0 Å². The quantitative estimate of drug-likeness (QED) is 0.386. The van der Waals surface area contributed by atoms with Gasteiger partial charge in [-0.1, -0.05) is 83.7 Å². The predicted octanol–water partition coefficient (Wildman–Crippen LogP) is 9.51. The van der Waals surface area contributed by atoms with E-state index in [9.17, 15) is 9.90 Å². The summed E-state index contributed by atoms with van der Waals surface area (Å²) in [5.41, 5.74) is 4.07. The lowest BCUT2D eigenvalue weighted by molar-refractivity contribution is -0.0510. The number of allylic oxidation sites excluding steroid dienone is 2. The van der Waals surface area contributed by atoms with E-state index in [0.29, 0.717) is 22.3 Å². The van der Waals surface area contributed by atoms with Gasteiger partial charge in [0, 0.05) is 0 Å². The van der Waals surface area contributed by atoms with Crippen molar-refractivity contribution in [3.8, 4) is 0 Å². The van der Waals surface area contributed by atoms with Crippen molar-refractivity contribution in [3.63, 3.8) is 0 Å². The Balaban J connectivity index is 1.32. The topological polar surface area (TPSA) is 37.3 Å². The fraction of sp³-hybridized carbons (Fsp3) is 0.735. The standard InChI is InChI=1S/C34H50O2/c1-22(2)9-8-10-23(3)29-15-16-30-28-14-13-25-21-24(26-11-6-7-12-27(26)32(35)36)17-19-33(25,4)31(28)18-20-34(29,30)5/h6-7,11-13,22-24,28-31H,8-10,14-21H2,1-5H3,(H,35,36)/t23-,24?,28?,29-,30?,31?,33+,34-/m1/s1. The molecule has 0 spiro atoms. The Morgan fingerprint density at radius 3 is 2.53 bits per heavy atom. The maximum Gasteiger partial charge on any atom is 0.335 e. The van der Waals surface area contributed by atoms with E-state index in [1.165, 1.54) is 57.8 Å². The Bertz CT molecular complexity index is 991. The zero-order valence-electron chi connectivity index (χ0n) is 23.6. The molecule has 0 bridgehead atoms. The normalized spacial score (nSPS) is 38.6. The second-order valence-electron chi connectivity index (χ2n) is 14.1.